The van der Waals surface area contributed by atoms with Gasteiger partial charge in [-0.3, -0.25) is 4.79 Å². The SMILES string of the molecule is Cc1cc(OC(C)C(=O)N2CCCC2c2nc3ccccc3[nH]2)ccc1C(C)C. The van der Waals surface area contributed by atoms with Crippen LogP contribution < -0.4 is 4.74 Å². The second kappa shape index (κ2) is 7.90. The van der Waals surface area contributed by atoms with Gasteiger partial charge < -0.3 is 14.6 Å². The van der Waals surface area contributed by atoms with E-state index in [2.05, 4.69) is 31.8 Å². The number of benzene rings is 2. The molecule has 1 N–H and O–H groups in total. The second-order valence-electron chi connectivity index (χ2n) is 8.26. The van der Waals surface area contributed by atoms with E-state index >= 15 is 0 Å². The van der Waals surface area contributed by atoms with E-state index in [9.17, 15) is 4.79 Å². The first kappa shape index (κ1) is 19.5. The molecule has 0 saturated carbocycles. The second-order valence-corrected chi connectivity index (χ2v) is 8.26. The highest BCUT2D eigenvalue weighted by atomic mass is 16.5. The van der Waals surface area contributed by atoms with Gasteiger partial charge in [-0.15, -0.1) is 0 Å². The van der Waals surface area contributed by atoms with E-state index in [4.69, 9.17) is 9.72 Å². The maximum atomic E-state index is 13.2. The Labute approximate surface area is 172 Å². The fourth-order valence-electron chi connectivity index (χ4n) is 4.30. The van der Waals surface area contributed by atoms with Crippen LogP contribution >= 0.6 is 0 Å². The van der Waals surface area contributed by atoms with Gasteiger partial charge in [-0.05, 0) is 68.0 Å². The van der Waals surface area contributed by atoms with Crippen molar-refractivity contribution in [3.05, 3.63) is 59.4 Å². The normalized spacial score (nSPS) is 17.8. The summed E-state index contributed by atoms with van der Waals surface area (Å²) in [5.41, 5.74) is 4.44. The topological polar surface area (TPSA) is 58.2 Å². The molecule has 29 heavy (non-hydrogen) atoms. The average molecular weight is 392 g/mol. The molecule has 1 aromatic heterocycles. The molecule has 5 heteroatoms. The van der Waals surface area contributed by atoms with Crippen LogP contribution in [0.15, 0.2) is 42.5 Å². The molecular weight excluding hydrogens is 362 g/mol. The molecule has 1 amide bonds. The fraction of sp³-hybridized carbons (Fsp3) is 0.417. The average Bonchev–Trinajstić information content (AvgIpc) is 3.33. The van der Waals surface area contributed by atoms with Crippen LogP contribution in [0.3, 0.4) is 0 Å². The van der Waals surface area contributed by atoms with Gasteiger partial charge in [0.25, 0.3) is 5.91 Å². The predicted molar refractivity (Wildman–Crippen MR) is 115 cm³/mol. The Bertz CT molecular complexity index is 991. The third-order valence-corrected chi connectivity index (χ3v) is 5.78. The molecular formula is C24H29N3O2. The predicted octanol–water partition coefficient (Wildman–Crippen LogP) is 5.13. The number of aryl methyl sites for hydroxylation is 1. The first-order chi connectivity index (χ1) is 13.9. The van der Waals surface area contributed by atoms with Gasteiger partial charge in [0, 0.05) is 6.54 Å². The third kappa shape index (κ3) is 3.86. The Morgan fingerprint density at radius 1 is 1.21 bits per heavy atom. The van der Waals surface area contributed by atoms with Crippen LogP contribution in [0.1, 0.15) is 62.5 Å². The van der Waals surface area contributed by atoms with Crippen molar-refractivity contribution in [2.45, 2.75) is 58.6 Å². The fourth-order valence-corrected chi connectivity index (χ4v) is 4.30. The highest BCUT2D eigenvalue weighted by Gasteiger charge is 2.35. The molecule has 1 saturated heterocycles. The van der Waals surface area contributed by atoms with Crippen molar-refractivity contribution < 1.29 is 9.53 Å². The number of nitrogens with one attached hydrogen (secondary N) is 1. The van der Waals surface area contributed by atoms with Crippen molar-refractivity contribution in [2.24, 2.45) is 0 Å². The number of rotatable bonds is 5. The number of para-hydroxylation sites is 2. The number of fused-ring (bicyclic) bond motifs is 1. The molecule has 0 spiro atoms. The lowest BCUT2D eigenvalue weighted by Gasteiger charge is -2.26. The minimum Gasteiger partial charge on any atom is -0.481 e. The highest BCUT2D eigenvalue weighted by molar-refractivity contribution is 5.82. The maximum absolute atomic E-state index is 13.2. The number of aromatic amines is 1. The summed E-state index contributed by atoms with van der Waals surface area (Å²) in [6.45, 7) is 9.02. The lowest BCUT2D eigenvalue weighted by Crippen LogP contribution is -2.40. The molecule has 0 aliphatic carbocycles. The Morgan fingerprint density at radius 2 is 2.00 bits per heavy atom. The molecule has 1 aliphatic rings. The quantitative estimate of drug-likeness (QED) is 0.656. The van der Waals surface area contributed by atoms with Crippen molar-refractivity contribution >= 4 is 16.9 Å². The molecule has 2 unspecified atom stereocenters. The number of hydrogen-bond donors (Lipinski definition) is 1. The molecule has 5 nitrogen and oxygen atoms in total. The molecule has 1 fully saturated rings. The molecule has 0 bridgehead atoms. The number of amides is 1. The minimum absolute atomic E-state index is 0.0125. The summed E-state index contributed by atoms with van der Waals surface area (Å²) < 4.78 is 6.03. The van der Waals surface area contributed by atoms with E-state index in [-0.39, 0.29) is 11.9 Å². The van der Waals surface area contributed by atoms with E-state index in [0.29, 0.717) is 5.92 Å². The summed E-state index contributed by atoms with van der Waals surface area (Å²) in [5.74, 6) is 2.09. The summed E-state index contributed by atoms with van der Waals surface area (Å²) in [6, 6.07) is 14.0. The number of H-pyrrole nitrogens is 1. The van der Waals surface area contributed by atoms with Gasteiger partial charge in [-0.25, -0.2) is 4.98 Å². The minimum atomic E-state index is -0.538. The van der Waals surface area contributed by atoms with Gasteiger partial charge in [0.2, 0.25) is 0 Å². The summed E-state index contributed by atoms with van der Waals surface area (Å²) in [7, 11) is 0. The lowest BCUT2D eigenvalue weighted by atomic mass is 9.98. The molecule has 3 aromatic rings. The van der Waals surface area contributed by atoms with Crippen molar-refractivity contribution in [3.8, 4) is 5.75 Å². The summed E-state index contributed by atoms with van der Waals surface area (Å²) in [6.07, 6.45) is 1.35. The monoisotopic (exact) mass is 391 g/mol. The van der Waals surface area contributed by atoms with Crippen LogP contribution in [0.25, 0.3) is 11.0 Å². The maximum Gasteiger partial charge on any atom is 0.263 e. The van der Waals surface area contributed by atoms with E-state index in [1.807, 2.05) is 48.2 Å². The van der Waals surface area contributed by atoms with Crippen LogP contribution in [0, 0.1) is 6.92 Å². The number of aromatic nitrogens is 2. The van der Waals surface area contributed by atoms with E-state index < -0.39 is 6.10 Å². The number of likely N-dealkylation sites (tertiary alicyclic amines) is 1. The largest absolute Gasteiger partial charge is 0.481 e. The Morgan fingerprint density at radius 3 is 2.72 bits per heavy atom. The molecule has 4 rings (SSSR count). The molecule has 2 heterocycles. The lowest BCUT2D eigenvalue weighted by molar-refractivity contribution is -0.139. The Kier molecular flexibility index (Phi) is 5.31. The zero-order chi connectivity index (χ0) is 20.5. The smallest absolute Gasteiger partial charge is 0.263 e. The standard InChI is InChI=1S/C24H29N3O2/c1-15(2)19-12-11-18(14-16(19)3)29-17(4)24(28)27-13-7-10-22(27)23-25-20-8-5-6-9-21(20)26-23/h5-6,8-9,11-12,14-15,17,22H,7,10,13H2,1-4H3,(H,25,26). The van der Waals surface area contributed by atoms with Crippen molar-refractivity contribution in [1.29, 1.82) is 0 Å². The van der Waals surface area contributed by atoms with Crippen LogP contribution in [-0.4, -0.2) is 33.4 Å². The molecule has 2 aromatic carbocycles. The van der Waals surface area contributed by atoms with E-state index in [1.165, 1.54) is 11.1 Å². The molecule has 0 radical (unpaired) electrons. The van der Waals surface area contributed by atoms with Crippen LogP contribution in [0.5, 0.6) is 5.75 Å². The molecule has 152 valence electrons. The Hall–Kier alpha value is -2.82. The van der Waals surface area contributed by atoms with Crippen LogP contribution in [0.2, 0.25) is 0 Å². The van der Waals surface area contributed by atoms with Gasteiger partial charge in [0.1, 0.15) is 11.6 Å². The number of nitrogens with zero attached hydrogens (tertiary/aromatic N) is 2. The van der Waals surface area contributed by atoms with E-state index in [0.717, 1.165) is 42.0 Å². The number of ether oxygens (including phenoxy) is 1. The van der Waals surface area contributed by atoms with Gasteiger partial charge in [-0.2, -0.15) is 0 Å². The summed E-state index contributed by atoms with van der Waals surface area (Å²) in [4.78, 5) is 23.2. The molecule has 1 aliphatic heterocycles. The van der Waals surface area contributed by atoms with Gasteiger partial charge in [-0.1, -0.05) is 32.0 Å². The van der Waals surface area contributed by atoms with Gasteiger partial charge in [0.05, 0.1) is 17.1 Å². The first-order valence-electron chi connectivity index (χ1n) is 10.5. The zero-order valence-corrected chi connectivity index (χ0v) is 17.6. The van der Waals surface area contributed by atoms with Gasteiger partial charge in [0.15, 0.2) is 6.10 Å². The zero-order valence-electron chi connectivity index (χ0n) is 17.6. The highest BCUT2D eigenvalue weighted by Crippen LogP contribution is 2.32. The number of hydrogen-bond acceptors (Lipinski definition) is 3. The summed E-state index contributed by atoms with van der Waals surface area (Å²) >= 11 is 0. The first-order valence-corrected chi connectivity index (χ1v) is 10.5. The van der Waals surface area contributed by atoms with Crippen molar-refractivity contribution in [3.63, 3.8) is 0 Å². The number of carbonyl (C=O) groups is 1. The molecule has 2 atom stereocenters. The van der Waals surface area contributed by atoms with Crippen molar-refractivity contribution in [2.75, 3.05) is 6.54 Å². The summed E-state index contributed by atoms with van der Waals surface area (Å²) in [5, 5.41) is 0. The number of carbonyl (C=O) groups excluding carboxylic acids is 1. The van der Waals surface area contributed by atoms with E-state index in [1.54, 1.807) is 0 Å². The third-order valence-electron chi connectivity index (χ3n) is 5.78. The number of imidazole rings is 1. The van der Waals surface area contributed by atoms with Gasteiger partial charge >= 0.3 is 0 Å². The van der Waals surface area contributed by atoms with Crippen LogP contribution in [-0.2, 0) is 4.79 Å². The van der Waals surface area contributed by atoms with Crippen molar-refractivity contribution in [1.82, 2.24) is 14.9 Å². The Balaban J connectivity index is 1.49. The van der Waals surface area contributed by atoms with Crippen LogP contribution in [0.4, 0.5) is 0 Å².